The molecule has 0 aromatic heterocycles. The van der Waals surface area contributed by atoms with Crippen LogP contribution in [0.1, 0.15) is 11.1 Å². The molecule has 0 bridgehead atoms. The van der Waals surface area contributed by atoms with Crippen molar-refractivity contribution in [3.05, 3.63) is 71.0 Å². The van der Waals surface area contributed by atoms with Gasteiger partial charge in [0.1, 0.15) is 46.9 Å². The van der Waals surface area contributed by atoms with Crippen molar-refractivity contribution in [3.63, 3.8) is 0 Å². The van der Waals surface area contributed by atoms with E-state index in [1.165, 1.54) is 33.5 Å². The zero-order valence-corrected chi connectivity index (χ0v) is 18.4. The lowest BCUT2D eigenvalue weighted by molar-refractivity contribution is -0.142. The number of ether oxygens (including phenoxy) is 3. The van der Waals surface area contributed by atoms with E-state index in [0.29, 0.717) is 28.4 Å². The van der Waals surface area contributed by atoms with Crippen LogP contribution >= 0.6 is 0 Å². The molecule has 0 heterocycles. The van der Waals surface area contributed by atoms with Crippen molar-refractivity contribution in [1.29, 1.82) is 0 Å². The maximum atomic E-state index is 13.8. The van der Waals surface area contributed by atoms with Gasteiger partial charge in [0.15, 0.2) is 5.75 Å². The van der Waals surface area contributed by atoms with Gasteiger partial charge in [-0.2, -0.15) is 13.2 Å². The van der Waals surface area contributed by atoms with Gasteiger partial charge >= 0.3 is 6.18 Å². The first-order valence-corrected chi connectivity index (χ1v) is 9.50. The van der Waals surface area contributed by atoms with Crippen molar-refractivity contribution in [2.24, 2.45) is 0 Å². The molecule has 35 heavy (non-hydrogen) atoms. The average Bonchev–Trinajstić information content (AvgIpc) is 2.81. The maximum Gasteiger partial charge on any atom is 0.422 e. The first kappa shape index (κ1) is 27.5. The minimum atomic E-state index is -5.16. The maximum absolute atomic E-state index is 13.8. The van der Waals surface area contributed by atoms with Gasteiger partial charge < -0.3 is 14.2 Å². The van der Waals surface area contributed by atoms with Crippen molar-refractivity contribution in [1.82, 2.24) is 0 Å². The number of alkyl halides is 4. The molecule has 0 aliphatic heterocycles. The molecule has 190 valence electrons. The summed E-state index contributed by atoms with van der Waals surface area (Å²) in [5.41, 5.74) is -0.922. The third-order valence-corrected chi connectivity index (χ3v) is 4.59. The largest absolute Gasteiger partial charge is 0.496 e. The van der Waals surface area contributed by atoms with E-state index in [-0.39, 0.29) is 17.7 Å². The van der Waals surface area contributed by atoms with Crippen LogP contribution in [0.2, 0.25) is 0 Å². The van der Waals surface area contributed by atoms with Gasteiger partial charge in [-0.15, -0.1) is 0 Å². The van der Waals surface area contributed by atoms with Gasteiger partial charge in [0.2, 0.25) is 0 Å². The molecule has 3 aromatic carbocycles. The van der Waals surface area contributed by atoms with Crippen molar-refractivity contribution in [2.75, 3.05) is 21.3 Å². The van der Waals surface area contributed by atoms with Gasteiger partial charge in [0, 0.05) is 34.4 Å². The van der Waals surface area contributed by atoms with Crippen LogP contribution in [0, 0.1) is 17.5 Å². The average molecular weight is 510 g/mol. The third-order valence-electron chi connectivity index (χ3n) is 4.59. The molecule has 0 aliphatic rings. The second-order valence-electron chi connectivity index (χ2n) is 6.68. The zero-order chi connectivity index (χ0) is 26.3. The molecular formula is C23H18F8O4. The monoisotopic (exact) mass is 510 g/mol. The summed E-state index contributed by atoms with van der Waals surface area (Å²) in [6, 6.07) is 7.87. The molecule has 4 nitrogen and oxygen atoms in total. The number of halogens is 8. The van der Waals surface area contributed by atoms with Crippen LogP contribution in [-0.4, -0.2) is 21.3 Å². The van der Waals surface area contributed by atoms with E-state index in [2.05, 4.69) is 4.94 Å². The highest BCUT2D eigenvalue weighted by molar-refractivity contribution is 5.78. The van der Waals surface area contributed by atoms with Crippen LogP contribution in [0.15, 0.2) is 42.5 Å². The lowest BCUT2D eigenvalue weighted by Gasteiger charge is -2.15. The van der Waals surface area contributed by atoms with E-state index in [1.54, 1.807) is 18.2 Å². The molecule has 0 saturated carbocycles. The number of methoxy groups -OCH3 is 3. The Kier molecular flexibility index (Phi) is 9.15. The second-order valence-corrected chi connectivity index (χ2v) is 6.68. The highest BCUT2D eigenvalue weighted by Gasteiger charge is 2.38. The van der Waals surface area contributed by atoms with E-state index < -0.39 is 41.6 Å². The predicted octanol–water partition coefficient (Wildman–Crippen LogP) is 7.23. The predicted molar refractivity (Wildman–Crippen MR) is 109 cm³/mol. The second kappa shape index (κ2) is 11.6. The van der Waals surface area contributed by atoms with E-state index in [1.807, 2.05) is 0 Å². The number of hydrogen-bond donors (Lipinski definition) is 0. The highest BCUT2D eigenvalue weighted by atomic mass is 19.4. The van der Waals surface area contributed by atoms with Crippen LogP contribution in [0.25, 0.3) is 11.1 Å². The van der Waals surface area contributed by atoms with Crippen molar-refractivity contribution < 1.29 is 54.4 Å². The molecule has 0 saturated heterocycles. The first-order chi connectivity index (χ1) is 16.5. The Labute approximate surface area is 194 Å². The summed E-state index contributed by atoms with van der Waals surface area (Å²) < 4.78 is 115. The van der Waals surface area contributed by atoms with E-state index in [0.717, 1.165) is 0 Å². The summed E-state index contributed by atoms with van der Waals surface area (Å²) in [5.74, 6) is -3.89. The summed E-state index contributed by atoms with van der Waals surface area (Å²) in [7, 11) is 4.54. The van der Waals surface area contributed by atoms with Gasteiger partial charge in [-0.3, -0.25) is 4.94 Å². The quantitative estimate of drug-likeness (QED) is 0.328. The smallest absolute Gasteiger partial charge is 0.422 e. The zero-order valence-electron chi connectivity index (χ0n) is 18.4. The molecule has 0 aliphatic carbocycles. The lowest BCUT2D eigenvalue weighted by atomic mass is 10.0. The molecule has 3 aromatic rings. The number of benzene rings is 3. The Morgan fingerprint density at radius 3 is 1.63 bits per heavy atom. The Bertz CT molecular complexity index is 1120. The van der Waals surface area contributed by atoms with Gasteiger partial charge in [0.25, 0.3) is 0 Å². The Hall–Kier alpha value is -3.70. The molecule has 0 unspecified atom stereocenters. The molecule has 0 N–H and O–H groups in total. The van der Waals surface area contributed by atoms with Gasteiger partial charge in [-0.1, -0.05) is 12.1 Å². The summed E-state index contributed by atoms with van der Waals surface area (Å²) in [5, 5.41) is 0. The standard InChI is InChI=1S/C16H16F2O3.C7H2F6O/c1-19-12-7-14(20-2)16(15(8-12)21-3)10-4-5-11(9-17)13(18)6-10;8-4-1-3(14-13)2-5(9)6(4)7(10,11)12/h4-8H,9H2,1-3H3;1-2H. The SMILES string of the molecule is COc1cc(OC)c(-c2ccc(CF)c(F)c2)c(OC)c1.FOc1cc(F)c(C(F)(F)F)c(F)c1. The van der Waals surface area contributed by atoms with Crippen molar-refractivity contribution in [3.8, 4) is 34.1 Å². The topological polar surface area (TPSA) is 36.9 Å². The van der Waals surface area contributed by atoms with E-state index >= 15 is 0 Å². The number of rotatable bonds is 6. The normalized spacial score (nSPS) is 10.8. The Morgan fingerprint density at radius 2 is 1.26 bits per heavy atom. The van der Waals surface area contributed by atoms with Crippen LogP contribution in [-0.2, 0) is 12.9 Å². The van der Waals surface area contributed by atoms with Crippen LogP contribution in [0.3, 0.4) is 0 Å². The van der Waals surface area contributed by atoms with Crippen LogP contribution in [0.4, 0.5) is 35.3 Å². The first-order valence-electron chi connectivity index (χ1n) is 9.50. The van der Waals surface area contributed by atoms with Gasteiger partial charge in [-0.25, -0.2) is 17.6 Å². The van der Waals surface area contributed by atoms with E-state index in [4.69, 9.17) is 14.2 Å². The summed E-state index contributed by atoms with van der Waals surface area (Å²) in [6.07, 6.45) is -5.16. The molecule has 0 amide bonds. The van der Waals surface area contributed by atoms with E-state index in [9.17, 15) is 35.3 Å². The Morgan fingerprint density at radius 1 is 0.714 bits per heavy atom. The lowest BCUT2D eigenvalue weighted by Crippen LogP contribution is -2.11. The fraction of sp³-hybridized carbons (Fsp3) is 0.217. The van der Waals surface area contributed by atoms with Crippen LogP contribution < -0.4 is 19.2 Å². The summed E-state index contributed by atoms with van der Waals surface area (Å²) in [6.45, 7) is -0.844. The van der Waals surface area contributed by atoms with Crippen molar-refractivity contribution >= 4 is 0 Å². The molecule has 0 atom stereocenters. The molecule has 0 spiro atoms. The minimum Gasteiger partial charge on any atom is -0.496 e. The molecule has 0 fully saturated rings. The summed E-state index contributed by atoms with van der Waals surface area (Å²) >= 11 is 0. The fourth-order valence-electron chi connectivity index (χ4n) is 2.97. The van der Waals surface area contributed by atoms with Crippen LogP contribution in [0.5, 0.6) is 23.0 Å². The fourth-order valence-corrected chi connectivity index (χ4v) is 2.97. The third kappa shape index (κ3) is 6.46. The molecular weight excluding hydrogens is 492 g/mol. The van der Waals surface area contributed by atoms with Crippen molar-refractivity contribution in [2.45, 2.75) is 12.9 Å². The number of hydrogen-bond acceptors (Lipinski definition) is 4. The highest BCUT2D eigenvalue weighted by Crippen LogP contribution is 2.42. The van der Waals surface area contributed by atoms with Gasteiger partial charge in [-0.05, 0) is 11.6 Å². The summed E-state index contributed by atoms with van der Waals surface area (Å²) in [4.78, 5) is 2.90. The minimum absolute atomic E-state index is 0.0187. The van der Waals surface area contributed by atoms with Gasteiger partial charge in [0.05, 0.1) is 26.9 Å². The Balaban J connectivity index is 0.000000269. The molecule has 0 radical (unpaired) electrons. The molecule has 12 heteroatoms. The molecule has 3 rings (SSSR count).